The largest absolute Gasteiger partial charge is 0.504 e. The van der Waals surface area contributed by atoms with Crippen molar-refractivity contribution in [2.24, 2.45) is 0 Å². The summed E-state index contributed by atoms with van der Waals surface area (Å²) in [5.74, 6) is 0.430. The minimum atomic E-state index is 0.0349. The molecule has 1 N–H and O–H groups in total. The number of nitrogens with zero attached hydrogens (tertiary/aromatic N) is 2. The third-order valence-electron chi connectivity index (χ3n) is 3.44. The first-order valence-electron chi connectivity index (χ1n) is 7.21. The van der Waals surface area contributed by atoms with E-state index in [-0.39, 0.29) is 5.75 Å². The molecule has 0 unspecified atom stereocenters. The van der Waals surface area contributed by atoms with Crippen molar-refractivity contribution in [3.05, 3.63) is 64.5 Å². The van der Waals surface area contributed by atoms with E-state index < -0.39 is 0 Å². The van der Waals surface area contributed by atoms with Crippen LogP contribution in [0, 0.1) is 11.3 Å². The van der Waals surface area contributed by atoms with E-state index >= 15 is 0 Å². The van der Waals surface area contributed by atoms with Gasteiger partial charge in [-0.25, -0.2) is 4.98 Å². The quantitative estimate of drug-likeness (QED) is 0.709. The van der Waals surface area contributed by atoms with E-state index in [1.165, 1.54) is 18.4 Å². The highest BCUT2D eigenvalue weighted by Gasteiger charge is 2.09. The summed E-state index contributed by atoms with van der Waals surface area (Å²) in [5.41, 5.74) is 3.02. The van der Waals surface area contributed by atoms with E-state index in [2.05, 4.69) is 11.1 Å². The fraction of sp³-hybridized carbons (Fsp3) is 0.0526. The number of aromatic nitrogens is 1. The normalized spacial score (nSPS) is 11.1. The van der Waals surface area contributed by atoms with Gasteiger partial charge >= 0.3 is 0 Å². The second-order valence-corrected chi connectivity index (χ2v) is 5.86. The third kappa shape index (κ3) is 3.29. The monoisotopic (exact) mass is 334 g/mol. The van der Waals surface area contributed by atoms with Crippen LogP contribution in [0.2, 0.25) is 0 Å². The van der Waals surface area contributed by atoms with E-state index in [0.29, 0.717) is 21.9 Å². The summed E-state index contributed by atoms with van der Waals surface area (Å²) >= 11 is 1.42. The lowest BCUT2D eigenvalue weighted by Crippen LogP contribution is -1.85. The van der Waals surface area contributed by atoms with Gasteiger partial charge in [-0.2, -0.15) is 5.26 Å². The molecule has 4 nitrogen and oxygen atoms in total. The van der Waals surface area contributed by atoms with Gasteiger partial charge in [-0.15, -0.1) is 11.3 Å². The molecule has 118 valence electrons. The molecule has 3 rings (SSSR count). The van der Waals surface area contributed by atoms with E-state index in [1.807, 2.05) is 35.7 Å². The molecule has 1 aromatic heterocycles. The zero-order valence-corrected chi connectivity index (χ0v) is 13.7. The van der Waals surface area contributed by atoms with E-state index in [9.17, 15) is 10.4 Å². The van der Waals surface area contributed by atoms with Gasteiger partial charge < -0.3 is 9.84 Å². The summed E-state index contributed by atoms with van der Waals surface area (Å²) in [5, 5.41) is 21.9. The fourth-order valence-electron chi connectivity index (χ4n) is 2.24. The molecular weight excluding hydrogens is 320 g/mol. The summed E-state index contributed by atoms with van der Waals surface area (Å²) in [6.07, 6.45) is 1.70. The zero-order valence-electron chi connectivity index (χ0n) is 12.9. The molecule has 0 radical (unpaired) electrons. The van der Waals surface area contributed by atoms with Crippen LogP contribution in [0.15, 0.2) is 53.9 Å². The van der Waals surface area contributed by atoms with Crippen molar-refractivity contribution < 1.29 is 9.84 Å². The SMILES string of the molecule is COc1ccc(/C=C(/C#N)c2nc(-c3ccccc3)cs2)cc1O. The average Bonchev–Trinajstić information content (AvgIpc) is 3.10. The Hall–Kier alpha value is -3.10. The number of benzene rings is 2. The van der Waals surface area contributed by atoms with Crippen molar-refractivity contribution >= 4 is 23.0 Å². The number of thiazole rings is 1. The standard InChI is InChI=1S/C19H14N2O2S/c1-23-18-8-7-13(10-17(18)22)9-15(11-20)19-21-16(12-24-19)14-5-3-2-4-6-14/h2-10,12,22H,1H3/b15-9-. The summed E-state index contributed by atoms with van der Waals surface area (Å²) in [6.45, 7) is 0. The minimum Gasteiger partial charge on any atom is -0.504 e. The lowest BCUT2D eigenvalue weighted by molar-refractivity contribution is 0.373. The molecule has 24 heavy (non-hydrogen) atoms. The van der Waals surface area contributed by atoms with Crippen molar-refractivity contribution in [1.29, 1.82) is 5.26 Å². The second kappa shape index (κ2) is 6.99. The number of methoxy groups -OCH3 is 1. The van der Waals surface area contributed by atoms with Crippen LogP contribution in [-0.4, -0.2) is 17.2 Å². The summed E-state index contributed by atoms with van der Waals surface area (Å²) in [7, 11) is 1.49. The molecule has 0 spiro atoms. The number of nitriles is 1. The van der Waals surface area contributed by atoms with Crippen LogP contribution in [0.5, 0.6) is 11.5 Å². The predicted molar refractivity (Wildman–Crippen MR) is 95.7 cm³/mol. The van der Waals surface area contributed by atoms with Crippen LogP contribution >= 0.6 is 11.3 Å². The van der Waals surface area contributed by atoms with Crippen molar-refractivity contribution in [3.8, 4) is 28.8 Å². The molecule has 0 fully saturated rings. The number of hydrogen-bond acceptors (Lipinski definition) is 5. The molecule has 0 aliphatic carbocycles. The molecule has 2 aromatic carbocycles. The number of phenolic OH excluding ortho intramolecular Hbond substituents is 1. The Kier molecular flexibility index (Phi) is 4.59. The van der Waals surface area contributed by atoms with Gasteiger partial charge in [-0.3, -0.25) is 0 Å². The average molecular weight is 334 g/mol. The topological polar surface area (TPSA) is 66.1 Å². The smallest absolute Gasteiger partial charge is 0.160 e. The molecule has 0 amide bonds. The number of allylic oxidation sites excluding steroid dienone is 1. The van der Waals surface area contributed by atoms with Gasteiger partial charge in [0.2, 0.25) is 0 Å². The molecule has 0 saturated carbocycles. The number of rotatable bonds is 4. The van der Waals surface area contributed by atoms with E-state index in [4.69, 9.17) is 4.74 Å². The van der Waals surface area contributed by atoms with Crippen LogP contribution < -0.4 is 4.74 Å². The Morgan fingerprint density at radius 1 is 1.25 bits per heavy atom. The molecular formula is C19H14N2O2S. The fourth-order valence-corrected chi connectivity index (χ4v) is 3.04. The second-order valence-electron chi connectivity index (χ2n) is 5.01. The maximum atomic E-state index is 9.85. The third-order valence-corrected chi connectivity index (χ3v) is 4.31. The Bertz CT molecular complexity index is 924. The van der Waals surface area contributed by atoms with Crippen molar-refractivity contribution in [1.82, 2.24) is 4.98 Å². The lowest BCUT2D eigenvalue weighted by Gasteiger charge is -2.03. The number of phenols is 1. The predicted octanol–water partition coefficient (Wildman–Crippen LogP) is 4.59. The molecule has 5 heteroatoms. The molecule has 0 aliphatic rings. The number of ether oxygens (including phenoxy) is 1. The Morgan fingerprint density at radius 3 is 2.71 bits per heavy atom. The lowest BCUT2D eigenvalue weighted by atomic mass is 10.1. The summed E-state index contributed by atoms with van der Waals surface area (Å²) in [4.78, 5) is 4.54. The van der Waals surface area contributed by atoms with Crippen molar-refractivity contribution in [2.75, 3.05) is 7.11 Å². The van der Waals surface area contributed by atoms with E-state index in [0.717, 1.165) is 11.3 Å². The highest BCUT2D eigenvalue weighted by atomic mass is 32.1. The Labute approximate surface area is 143 Å². The first-order valence-corrected chi connectivity index (χ1v) is 8.09. The maximum Gasteiger partial charge on any atom is 0.160 e. The number of hydrogen-bond donors (Lipinski definition) is 1. The highest BCUT2D eigenvalue weighted by molar-refractivity contribution is 7.11. The van der Waals surface area contributed by atoms with Gasteiger partial charge in [0.25, 0.3) is 0 Å². The minimum absolute atomic E-state index is 0.0349. The maximum absolute atomic E-state index is 9.85. The Morgan fingerprint density at radius 2 is 2.04 bits per heavy atom. The van der Waals surface area contributed by atoms with Crippen LogP contribution in [0.1, 0.15) is 10.6 Å². The van der Waals surface area contributed by atoms with Gasteiger partial charge in [-0.05, 0) is 23.8 Å². The molecule has 0 bridgehead atoms. The molecule has 0 aliphatic heterocycles. The first-order chi connectivity index (χ1) is 11.7. The Balaban J connectivity index is 1.94. The van der Waals surface area contributed by atoms with Gasteiger partial charge in [0.05, 0.1) is 18.4 Å². The summed E-state index contributed by atoms with van der Waals surface area (Å²) in [6, 6.07) is 17.0. The van der Waals surface area contributed by atoms with Crippen LogP contribution in [0.4, 0.5) is 0 Å². The number of aromatic hydroxyl groups is 1. The summed E-state index contributed by atoms with van der Waals surface area (Å²) < 4.78 is 5.02. The molecule has 1 heterocycles. The van der Waals surface area contributed by atoms with E-state index in [1.54, 1.807) is 24.3 Å². The molecule has 3 aromatic rings. The first kappa shape index (κ1) is 15.8. The van der Waals surface area contributed by atoms with Gasteiger partial charge in [0.15, 0.2) is 11.5 Å². The van der Waals surface area contributed by atoms with Crippen LogP contribution in [-0.2, 0) is 0 Å². The zero-order chi connectivity index (χ0) is 16.9. The molecule has 0 saturated heterocycles. The van der Waals surface area contributed by atoms with Crippen LogP contribution in [0.3, 0.4) is 0 Å². The van der Waals surface area contributed by atoms with Gasteiger partial charge in [0, 0.05) is 10.9 Å². The van der Waals surface area contributed by atoms with Gasteiger partial charge in [0.1, 0.15) is 11.1 Å². The van der Waals surface area contributed by atoms with Crippen molar-refractivity contribution in [2.45, 2.75) is 0 Å². The van der Waals surface area contributed by atoms with Gasteiger partial charge in [-0.1, -0.05) is 36.4 Å². The van der Waals surface area contributed by atoms with Crippen molar-refractivity contribution in [3.63, 3.8) is 0 Å². The molecule has 0 atom stereocenters. The van der Waals surface area contributed by atoms with Crippen LogP contribution in [0.25, 0.3) is 22.9 Å². The highest BCUT2D eigenvalue weighted by Crippen LogP contribution is 2.30.